The Balaban J connectivity index is 1.78. The Hall–Kier alpha value is -3.35. The first kappa shape index (κ1) is 16.5. The van der Waals surface area contributed by atoms with Gasteiger partial charge in [-0.3, -0.25) is 9.59 Å². The molecule has 0 aliphatic rings. The number of pyridine rings is 1. The summed E-state index contributed by atoms with van der Waals surface area (Å²) in [6.45, 7) is 0. The third-order valence-corrected chi connectivity index (χ3v) is 3.69. The van der Waals surface area contributed by atoms with Crippen LogP contribution in [0.5, 0.6) is 5.75 Å². The molecule has 25 heavy (non-hydrogen) atoms. The molecule has 0 bridgehead atoms. The number of anilines is 1. The zero-order valence-corrected chi connectivity index (χ0v) is 13.6. The van der Waals surface area contributed by atoms with Crippen LogP contribution in [0.1, 0.15) is 12.8 Å². The van der Waals surface area contributed by atoms with Gasteiger partial charge in [0.2, 0.25) is 5.91 Å². The Kier molecular flexibility index (Phi) is 4.65. The summed E-state index contributed by atoms with van der Waals surface area (Å²) in [6.07, 6.45) is 3.35. The van der Waals surface area contributed by atoms with E-state index < -0.39 is 5.97 Å². The average molecular weight is 339 g/mol. The Morgan fingerprint density at radius 1 is 1.12 bits per heavy atom. The molecule has 0 radical (unpaired) electrons. The zero-order valence-electron chi connectivity index (χ0n) is 13.6. The Labute approximate surface area is 143 Å². The highest BCUT2D eigenvalue weighted by molar-refractivity contribution is 5.92. The lowest BCUT2D eigenvalue weighted by atomic mass is 10.2. The Bertz CT molecular complexity index is 916. The van der Waals surface area contributed by atoms with Gasteiger partial charge in [-0.05, 0) is 36.4 Å². The number of carboxylic acids is 1. The van der Waals surface area contributed by atoms with E-state index in [-0.39, 0.29) is 18.7 Å². The molecule has 128 valence electrons. The first-order valence-electron chi connectivity index (χ1n) is 7.70. The van der Waals surface area contributed by atoms with Gasteiger partial charge in [0.25, 0.3) is 0 Å². The number of aliphatic carboxylic acids is 1. The minimum absolute atomic E-state index is 0.0611. The maximum atomic E-state index is 11.7. The van der Waals surface area contributed by atoms with Crippen molar-refractivity contribution in [3.8, 4) is 17.0 Å². The average Bonchev–Trinajstić information content (AvgIpc) is 3.03. The molecule has 2 N–H and O–H groups in total. The van der Waals surface area contributed by atoms with Gasteiger partial charge in [0.05, 0.1) is 24.9 Å². The molecule has 0 atom stereocenters. The number of hydrogen-bond donors (Lipinski definition) is 2. The van der Waals surface area contributed by atoms with Crippen LogP contribution in [0, 0.1) is 0 Å². The van der Waals surface area contributed by atoms with Crippen LogP contribution in [0.3, 0.4) is 0 Å². The normalized spacial score (nSPS) is 10.6. The van der Waals surface area contributed by atoms with Crippen LogP contribution in [0.2, 0.25) is 0 Å². The summed E-state index contributed by atoms with van der Waals surface area (Å²) >= 11 is 0. The number of aromatic nitrogens is 2. The molecule has 0 fully saturated rings. The van der Waals surface area contributed by atoms with Gasteiger partial charge in [0, 0.05) is 24.4 Å². The van der Waals surface area contributed by atoms with E-state index in [1.54, 1.807) is 25.4 Å². The summed E-state index contributed by atoms with van der Waals surface area (Å²) in [4.78, 5) is 26.8. The molecule has 7 nitrogen and oxygen atoms in total. The number of benzene rings is 1. The topological polar surface area (TPSA) is 92.9 Å². The standard InChI is InChI=1S/C18H17N3O4/c1-25-14-5-2-12(3-6-14)15-11-21-10-13(4-7-16(21)20-15)19-17(22)8-9-18(23)24/h2-7,10-11H,8-9H2,1H3,(H,19,22)(H,23,24). The lowest BCUT2D eigenvalue weighted by Crippen LogP contribution is -2.13. The predicted octanol–water partition coefficient (Wildman–Crippen LogP) is 2.81. The van der Waals surface area contributed by atoms with E-state index in [1.807, 2.05) is 34.9 Å². The first-order chi connectivity index (χ1) is 12.0. The van der Waals surface area contributed by atoms with Crippen LogP contribution in [-0.4, -0.2) is 33.5 Å². The second-order valence-corrected chi connectivity index (χ2v) is 5.48. The zero-order chi connectivity index (χ0) is 17.8. The van der Waals surface area contributed by atoms with Crippen LogP contribution in [-0.2, 0) is 9.59 Å². The lowest BCUT2D eigenvalue weighted by Gasteiger charge is -2.04. The molecule has 1 amide bonds. The number of ether oxygens (including phenoxy) is 1. The molecule has 7 heteroatoms. The van der Waals surface area contributed by atoms with Crippen molar-refractivity contribution in [3.63, 3.8) is 0 Å². The third kappa shape index (κ3) is 3.95. The molecular weight excluding hydrogens is 322 g/mol. The van der Waals surface area contributed by atoms with Gasteiger partial charge in [-0.1, -0.05) is 0 Å². The fourth-order valence-electron chi connectivity index (χ4n) is 2.41. The molecule has 3 rings (SSSR count). The van der Waals surface area contributed by atoms with Crippen molar-refractivity contribution >= 4 is 23.2 Å². The lowest BCUT2D eigenvalue weighted by molar-refractivity contribution is -0.138. The van der Waals surface area contributed by atoms with Crippen molar-refractivity contribution in [2.75, 3.05) is 12.4 Å². The van der Waals surface area contributed by atoms with E-state index in [2.05, 4.69) is 10.3 Å². The van der Waals surface area contributed by atoms with Gasteiger partial charge in [0.1, 0.15) is 11.4 Å². The summed E-state index contributed by atoms with van der Waals surface area (Å²) < 4.78 is 6.96. The number of nitrogens with zero attached hydrogens (tertiary/aromatic N) is 2. The molecule has 2 heterocycles. The fraction of sp³-hybridized carbons (Fsp3) is 0.167. The molecule has 0 spiro atoms. The molecular formula is C18H17N3O4. The van der Waals surface area contributed by atoms with Gasteiger partial charge >= 0.3 is 5.97 Å². The number of fused-ring (bicyclic) bond motifs is 1. The van der Waals surface area contributed by atoms with E-state index in [0.717, 1.165) is 22.7 Å². The SMILES string of the molecule is COc1ccc(-c2cn3cc(NC(=O)CCC(=O)O)ccc3n2)cc1. The van der Waals surface area contributed by atoms with Crippen molar-refractivity contribution in [1.29, 1.82) is 0 Å². The van der Waals surface area contributed by atoms with E-state index in [9.17, 15) is 9.59 Å². The van der Waals surface area contributed by atoms with E-state index in [4.69, 9.17) is 9.84 Å². The summed E-state index contributed by atoms with van der Waals surface area (Å²) in [7, 11) is 1.62. The van der Waals surface area contributed by atoms with Gasteiger partial charge in [0.15, 0.2) is 0 Å². The number of nitrogens with one attached hydrogen (secondary N) is 1. The highest BCUT2D eigenvalue weighted by atomic mass is 16.5. The Morgan fingerprint density at radius 3 is 2.56 bits per heavy atom. The van der Waals surface area contributed by atoms with Crippen molar-refractivity contribution in [1.82, 2.24) is 9.38 Å². The molecule has 0 unspecified atom stereocenters. The van der Waals surface area contributed by atoms with E-state index in [0.29, 0.717) is 5.69 Å². The highest BCUT2D eigenvalue weighted by Gasteiger charge is 2.08. The maximum absolute atomic E-state index is 11.7. The predicted molar refractivity (Wildman–Crippen MR) is 92.7 cm³/mol. The first-order valence-corrected chi connectivity index (χ1v) is 7.70. The summed E-state index contributed by atoms with van der Waals surface area (Å²) in [5.41, 5.74) is 3.09. The second-order valence-electron chi connectivity index (χ2n) is 5.48. The van der Waals surface area contributed by atoms with Crippen molar-refractivity contribution in [3.05, 3.63) is 48.8 Å². The van der Waals surface area contributed by atoms with Gasteiger partial charge in [-0.15, -0.1) is 0 Å². The van der Waals surface area contributed by atoms with Crippen molar-refractivity contribution in [2.24, 2.45) is 0 Å². The quantitative estimate of drug-likeness (QED) is 0.720. The number of amides is 1. The van der Waals surface area contributed by atoms with Crippen LogP contribution in [0.4, 0.5) is 5.69 Å². The van der Waals surface area contributed by atoms with Crippen molar-refractivity contribution < 1.29 is 19.4 Å². The van der Waals surface area contributed by atoms with Gasteiger partial charge < -0.3 is 19.6 Å². The molecule has 2 aromatic heterocycles. The van der Waals surface area contributed by atoms with E-state index >= 15 is 0 Å². The molecule has 0 aliphatic carbocycles. The summed E-state index contributed by atoms with van der Waals surface area (Å²) in [5, 5.41) is 11.3. The third-order valence-electron chi connectivity index (χ3n) is 3.69. The summed E-state index contributed by atoms with van der Waals surface area (Å²) in [5.74, 6) is -0.555. The number of rotatable bonds is 6. The molecule has 0 saturated carbocycles. The van der Waals surface area contributed by atoms with Crippen LogP contribution in [0.25, 0.3) is 16.9 Å². The largest absolute Gasteiger partial charge is 0.497 e. The maximum Gasteiger partial charge on any atom is 0.303 e. The number of carbonyl (C=O) groups excluding carboxylic acids is 1. The van der Waals surface area contributed by atoms with Crippen LogP contribution in [0.15, 0.2) is 48.8 Å². The minimum atomic E-state index is -0.996. The van der Waals surface area contributed by atoms with E-state index in [1.165, 1.54) is 0 Å². The van der Waals surface area contributed by atoms with Crippen LogP contribution < -0.4 is 10.1 Å². The fourth-order valence-corrected chi connectivity index (χ4v) is 2.41. The van der Waals surface area contributed by atoms with Gasteiger partial charge in [-0.2, -0.15) is 0 Å². The number of methoxy groups -OCH3 is 1. The number of carbonyl (C=O) groups is 2. The molecule has 0 aliphatic heterocycles. The summed E-state index contributed by atoms with van der Waals surface area (Å²) in [6, 6.07) is 11.1. The number of imidazole rings is 1. The molecule has 1 aromatic carbocycles. The second kappa shape index (κ2) is 7.04. The van der Waals surface area contributed by atoms with Crippen LogP contribution >= 0.6 is 0 Å². The Morgan fingerprint density at radius 2 is 1.88 bits per heavy atom. The highest BCUT2D eigenvalue weighted by Crippen LogP contribution is 2.23. The number of hydrogen-bond acceptors (Lipinski definition) is 4. The minimum Gasteiger partial charge on any atom is -0.497 e. The monoisotopic (exact) mass is 339 g/mol. The van der Waals surface area contributed by atoms with Gasteiger partial charge in [-0.25, -0.2) is 4.98 Å². The van der Waals surface area contributed by atoms with Crippen molar-refractivity contribution in [2.45, 2.75) is 12.8 Å². The molecule has 0 saturated heterocycles. The molecule has 3 aromatic rings. The number of carboxylic acid groups (broad SMARTS) is 1. The smallest absolute Gasteiger partial charge is 0.303 e.